The minimum absolute atomic E-state index is 0.297. The van der Waals surface area contributed by atoms with E-state index in [9.17, 15) is 4.39 Å². The van der Waals surface area contributed by atoms with Gasteiger partial charge in [-0.2, -0.15) is 5.10 Å². The van der Waals surface area contributed by atoms with E-state index in [4.69, 9.17) is 16.3 Å². The van der Waals surface area contributed by atoms with E-state index in [2.05, 4.69) is 27.2 Å². The van der Waals surface area contributed by atoms with Gasteiger partial charge in [0, 0.05) is 48.4 Å². The van der Waals surface area contributed by atoms with Gasteiger partial charge in [-0.1, -0.05) is 11.6 Å². The van der Waals surface area contributed by atoms with E-state index >= 15 is 0 Å². The van der Waals surface area contributed by atoms with Crippen LogP contribution in [0.2, 0.25) is 5.02 Å². The Morgan fingerprint density at radius 1 is 1.26 bits per heavy atom. The first-order valence-electron chi connectivity index (χ1n) is 8.98. The molecule has 6 nitrogen and oxygen atoms in total. The van der Waals surface area contributed by atoms with Crippen LogP contribution >= 0.6 is 11.6 Å². The third-order valence-corrected chi connectivity index (χ3v) is 5.03. The van der Waals surface area contributed by atoms with Crippen LogP contribution in [0.15, 0.2) is 36.5 Å². The summed E-state index contributed by atoms with van der Waals surface area (Å²) in [6.07, 6.45) is 2.52. The molecule has 8 heteroatoms. The molecule has 0 aliphatic carbocycles. The topological polar surface area (TPSA) is 54.7 Å². The van der Waals surface area contributed by atoms with Crippen LogP contribution in [0.25, 0.3) is 5.65 Å². The predicted molar refractivity (Wildman–Crippen MR) is 103 cm³/mol. The van der Waals surface area contributed by atoms with Gasteiger partial charge in [0.05, 0.1) is 25.1 Å². The van der Waals surface area contributed by atoms with Gasteiger partial charge in [-0.05, 0) is 25.1 Å². The highest BCUT2D eigenvalue weighted by Gasteiger charge is 2.19. The Morgan fingerprint density at radius 3 is 2.89 bits per heavy atom. The van der Waals surface area contributed by atoms with Crippen LogP contribution in [0, 0.1) is 5.82 Å². The molecule has 1 atom stereocenters. The zero-order chi connectivity index (χ0) is 18.8. The normalized spacial score (nSPS) is 16.6. The van der Waals surface area contributed by atoms with E-state index in [1.807, 2.05) is 16.6 Å². The summed E-state index contributed by atoms with van der Waals surface area (Å²) in [4.78, 5) is 6.93. The van der Waals surface area contributed by atoms with Crippen molar-refractivity contribution in [3.05, 3.63) is 53.1 Å². The fraction of sp³-hybridized carbons (Fsp3) is 0.368. The SMILES string of the molecule is CC(Cc1cc(Nc2cc(Cl)ccc2F)nc2ccnn12)N1CCOCC1. The van der Waals surface area contributed by atoms with Gasteiger partial charge in [0.25, 0.3) is 0 Å². The lowest BCUT2D eigenvalue weighted by Gasteiger charge is -2.32. The second kappa shape index (κ2) is 7.80. The van der Waals surface area contributed by atoms with Crippen molar-refractivity contribution in [2.24, 2.45) is 0 Å². The minimum atomic E-state index is -0.377. The van der Waals surface area contributed by atoms with Crippen LogP contribution in [0.4, 0.5) is 15.9 Å². The maximum atomic E-state index is 14.1. The number of anilines is 2. The van der Waals surface area contributed by atoms with Gasteiger partial charge >= 0.3 is 0 Å². The minimum Gasteiger partial charge on any atom is -0.379 e. The second-order valence-electron chi connectivity index (χ2n) is 6.68. The number of morpholine rings is 1. The summed E-state index contributed by atoms with van der Waals surface area (Å²) in [5, 5.41) is 7.89. The molecular formula is C19H21ClFN5O. The highest BCUT2D eigenvalue weighted by molar-refractivity contribution is 6.30. The van der Waals surface area contributed by atoms with E-state index in [-0.39, 0.29) is 5.82 Å². The summed E-state index contributed by atoms with van der Waals surface area (Å²) in [5.41, 5.74) is 2.02. The Morgan fingerprint density at radius 2 is 2.07 bits per heavy atom. The van der Waals surface area contributed by atoms with E-state index < -0.39 is 0 Å². The number of benzene rings is 1. The molecule has 0 amide bonds. The van der Waals surface area contributed by atoms with Crippen LogP contribution < -0.4 is 5.32 Å². The second-order valence-corrected chi connectivity index (χ2v) is 7.12. The van der Waals surface area contributed by atoms with Gasteiger partial charge < -0.3 is 10.1 Å². The lowest BCUT2D eigenvalue weighted by atomic mass is 10.1. The molecule has 3 aromatic rings. The first kappa shape index (κ1) is 18.2. The highest BCUT2D eigenvalue weighted by atomic mass is 35.5. The molecule has 1 saturated heterocycles. The maximum absolute atomic E-state index is 14.1. The Bertz CT molecular complexity index is 941. The lowest BCUT2D eigenvalue weighted by Crippen LogP contribution is -2.43. The molecule has 142 valence electrons. The lowest BCUT2D eigenvalue weighted by molar-refractivity contribution is 0.0201. The molecule has 0 radical (unpaired) electrons. The zero-order valence-electron chi connectivity index (χ0n) is 15.0. The van der Waals surface area contributed by atoms with Crippen LogP contribution in [0.1, 0.15) is 12.6 Å². The number of rotatable bonds is 5. The predicted octanol–water partition coefficient (Wildman–Crippen LogP) is 3.53. The van der Waals surface area contributed by atoms with Crippen LogP contribution in [0.5, 0.6) is 0 Å². The van der Waals surface area contributed by atoms with Crippen molar-refractivity contribution >= 4 is 28.8 Å². The third-order valence-electron chi connectivity index (χ3n) is 4.80. The molecule has 0 bridgehead atoms. The Balaban J connectivity index is 1.62. The van der Waals surface area contributed by atoms with E-state index in [1.165, 1.54) is 12.1 Å². The summed E-state index contributed by atoms with van der Waals surface area (Å²) in [5.74, 6) is 0.186. The number of ether oxygens (including phenoxy) is 1. The number of aromatic nitrogens is 3. The van der Waals surface area contributed by atoms with Crippen molar-refractivity contribution in [3.8, 4) is 0 Å². The van der Waals surface area contributed by atoms with E-state index in [0.29, 0.717) is 28.2 Å². The summed E-state index contributed by atoms with van der Waals surface area (Å²) in [7, 11) is 0. The van der Waals surface area contributed by atoms with Gasteiger partial charge in [0.2, 0.25) is 0 Å². The molecule has 0 saturated carbocycles. The fourth-order valence-electron chi connectivity index (χ4n) is 3.37. The zero-order valence-corrected chi connectivity index (χ0v) is 15.8. The molecule has 27 heavy (non-hydrogen) atoms. The molecule has 1 N–H and O–H groups in total. The maximum Gasteiger partial charge on any atom is 0.157 e. The summed E-state index contributed by atoms with van der Waals surface area (Å²) in [6, 6.07) is 8.49. The molecular weight excluding hydrogens is 369 g/mol. The number of hydrogen-bond donors (Lipinski definition) is 1. The monoisotopic (exact) mass is 389 g/mol. The third kappa shape index (κ3) is 4.05. The van der Waals surface area contributed by atoms with Crippen LogP contribution in [0.3, 0.4) is 0 Å². The standard InChI is InChI=1S/C19H21ClFN5O/c1-13(25-6-8-27-9-7-25)10-15-12-18(24-19-4-5-22-26(15)19)23-17-11-14(20)2-3-16(17)21/h2-5,11-13H,6-10H2,1H3,(H,23,24). The Kier molecular flexibility index (Phi) is 5.24. The van der Waals surface area contributed by atoms with Crippen LogP contribution in [-0.2, 0) is 11.2 Å². The molecule has 1 aliphatic heterocycles. The van der Waals surface area contributed by atoms with Crippen molar-refractivity contribution < 1.29 is 9.13 Å². The van der Waals surface area contributed by atoms with Gasteiger partial charge in [-0.15, -0.1) is 0 Å². The van der Waals surface area contributed by atoms with Gasteiger partial charge in [0.15, 0.2) is 5.65 Å². The Labute approximate surface area is 161 Å². The summed E-state index contributed by atoms with van der Waals surface area (Å²) in [6.45, 7) is 5.57. The molecule has 0 spiro atoms. The average Bonchev–Trinajstić information content (AvgIpc) is 3.14. The number of fused-ring (bicyclic) bond motifs is 1. The van der Waals surface area contributed by atoms with E-state index in [1.54, 1.807) is 12.3 Å². The fourth-order valence-corrected chi connectivity index (χ4v) is 3.54. The van der Waals surface area contributed by atoms with Crippen molar-refractivity contribution in [3.63, 3.8) is 0 Å². The first-order chi connectivity index (χ1) is 13.1. The number of nitrogens with zero attached hydrogens (tertiary/aromatic N) is 4. The molecule has 3 heterocycles. The Hall–Kier alpha value is -2.22. The average molecular weight is 390 g/mol. The summed E-state index contributed by atoms with van der Waals surface area (Å²) < 4.78 is 21.3. The first-order valence-corrected chi connectivity index (χ1v) is 9.35. The van der Waals surface area contributed by atoms with E-state index in [0.717, 1.165) is 38.4 Å². The van der Waals surface area contributed by atoms with Gasteiger partial charge in [0.1, 0.15) is 11.6 Å². The number of halogens is 2. The number of hydrogen-bond acceptors (Lipinski definition) is 5. The smallest absolute Gasteiger partial charge is 0.157 e. The van der Waals surface area contributed by atoms with Crippen molar-refractivity contribution in [2.45, 2.75) is 19.4 Å². The molecule has 2 aromatic heterocycles. The molecule has 1 unspecified atom stereocenters. The largest absolute Gasteiger partial charge is 0.379 e. The van der Waals surface area contributed by atoms with Crippen molar-refractivity contribution in [1.82, 2.24) is 19.5 Å². The molecule has 1 aromatic carbocycles. The van der Waals surface area contributed by atoms with Crippen LogP contribution in [-0.4, -0.2) is 51.8 Å². The van der Waals surface area contributed by atoms with Crippen molar-refractivity contribution in [1.29, 1.82) is 0 Å². The molecule has 4 rings (SSSR count). The quantitative estimate of drug-likeness (QED) is 0.723. The highest BCUT2D eigenvalue weighted by Crippen LogP contribution is 2.24. The summed E-state index contributed by atoms with van der Waals surface area (Å²) >= 11 is 5.99. The van der Waals surface area contributed by atoms with Crippen molar-refractivity contribution in [2.75, 3.05) is 31.6 Å². The molecule has 1 fully saturated rings. The molecule has 1 aliphatic rings. The number of nitrogens with one attached hydrogen (secondary N) is 1. The van der Waals surface area contributed by atoms with Gasteiger partial charge in [-0.25, -0.2) is 13.9 Å². The van der Waals surface area contributed by atoms with Gasteiger partial charge in [-0.3, -0.25) is 4.90 Å².